The Balaban J connectivity index is 2.41. The molecule has 4 heteroatoms. The Morgan fingerprint density at radius 3 is 2.15 bits per heavy atom. The second kappa shape index (κ2) is 7.43. The molecule has 2 aromatic heterocycles. The summed E-state index contributed by atoms with van der Waals surface area (Å²) in [5, 5.41) is 1.14. The monoisotopic (exact) mass is 365 g/mol. The van der Waals surface area contributed by atoms with Crippen LogP contribution in [-0.4, -0.2) is 21.1 Å². The first-order chi connectivity index (χ1) is 12.8. The van der Waals surface area contributed by atoms with Crippen molar-refractivity contribution in [1.82, 2.24) is 14.5 Å². The average Bonchev–Trinajstić information content (AvgIpc) is 2.83. The molecule has 0 amide bonds. The van der Waals surface area contributed by atoms with Crippen molar-refractivity contribution in [3.63, 3.8) is 0 Å². The van der Waals surface area contributed by atoms with Crippen molar-refractivity contribution in [2.75, 3.05) is 6.61 Å². The van der Waals surface area contributed by atoms with Crippen molar-refractivity contribution in [3.8, 4) is 5.69 Å². The van der Waals surface area contributed by atoms with Crippen LogP contribution < -0.4 is 0 Å². The highest BCUT2D eigenvalue weighted by Gasteiger charge is 2.24. The summed E-state index contributed by atoms with van der Waals surface area (Å²) in [6.45, 7) is 17.7. The molecule has 0 aliphatic rings. The number of benzene rings is 1. The number of hydrogen-bond acceptors (Lipinski definition) is 3. The van der Waals surface area contributed by atoms with Gasteiger partial charge in [-0.15, -0.1) is 0 Å². The summed E-state index contributed by atoms with van der Waals surface area (Å²) in [5.41, 5.74) is 9.50. The predicted octanol–water partition coefficient (Wildman–Crippen LogP) is 5.76. The molecule has 27 heavy (non-hydrogen) atoms. The third-order valence-corrected chi connectivity index (χ3v) is 5.40. The van der Waals surface area contributed by atoms with Crippen LogP contribution in [0.1, 0.15) is 65.8 Å². The first kappa shape index (κ1) is 19.6. The molecular formula is C23H31N3O. The SMILES string of the molecule is CCOC(CC)c1nc(C)nc2c1c(C)c(C)n2-c1c(C)cc(C)cc1C. The molecule has 1 atom stereocenters. The highest BCUT2D eigenvalue weighted by atomic mass is 16.5. The van der Waals surface area contributed by atoms with Crippen molar-refractivity contribution in [2.45, 2.75) is 67.9 Å². The van der Waals surface area contributed by atoms with Gasteiger partial charge in [-0.1, -0.05) is 24.6 Å². The van der Waals surface area contributed by atoms with Crippen LogP contribution in [-0.2, 0) is 4.74 Å². The van der Waals surface area contributed by atoms with Gasteiger partial charge in [0, 0.05) is 17.7 Å². The fraction of sp³-hybridized carbons (Fsp3) is 0.478. The highest BCUT2D eigenvalue weighted by Crippen LogP contribution is 2.35. The van der Waals surface area contributed by atoms with E-state index in [9.17, 15) is 0 Å². The zero-order chi connectivity index (χ0) is 19.9. The van der Waals surface area contributed by atoms with Gasteiger partial charge in [0.2, 0.25) is 0 Å². The minimum Gasteiger partial charge on any atom is -0.372 e. The van der Waals surface area contributed by atoms with Crippen molar-refractivity contribution in [2.24, 2.45) is 0 Å². The summed E-state index contributed by atoms with van der Waals surface area (Å²) < 4.78 is 8.32. The molecule has 0 N–H and O–H groups in total. The van der Waals surface area contributed by atoms with Crippen LogP contribution >= 0.6 is 0 Å². The minimum atomic E-state index is -0.00615. The number of ether oxygens (including phenoxy) is 1. The topological polar surface area (TPSA) is 39.9 Å². The number of hydrogen-bond donors (Lipinski definition) is 0. The summed E-state index contributed by atoms with van der Waals surface area (Å²) in [4.78, 5) is 9.68. The van der Waals surface area contributed by atoms with Crippen LogP contribution in [0.5, 0.6) is 0 Å². The Hall–Kier alpha value is -2.20. The number of fused-ring (bicyclic) bond motifs is 1. The van der Waals surface area contributed by atoms with Crippen molar-refractivity contribution in [1.29, 1.82) is 0 Å². The Morgan fingerprint density at radius 2 is 1.59 bits per heavy atom. The fourth-order valence-electron chi connectivity index (χ4n) is 4.23. The van der Waals surface area contributed by atoms with E-state index in [1.54, 1.807) is 0 Å². The first-order valence-electron chi connectivity index (χ1n) is 9.86. The highest BCUT2D eigenvalue weighted by molar-refractivity contribution is 5.87. The van der Waals surface area contributed by atoms with Gasteiger partial charge in [0.1, 0.15) is 11.5 Å². The third-order valence-electron chi connectivity index (χ3n) is 5.40. The van der Waals surface area contributed by atoms with E-state index < -0.39 is 0 Å². The number of aryl methyl sites for hydroxylation is 5. The molecule has 3 aromatic rings. The standard InChI is InChI=1S/C23H31N3O/c1-9-19(27-10-2)21-20-16(6)17(7)26(23(20)25-18(8)24-21)22-14(4)11-13(3)12-15(22)5/h11-12,19H,9-10H2,1-8H3. The van der Waals surface area contributed by atoms with Crippen LogP contribution in [0.15, 0.2) is 12.1 Å². The Kier molecular flexibility index (Phi) is 5.38. The average molecular weight is 366 g/mol. The molecule has 0 saturated heterocycles. The fourth-order valence-corrected chi connectivity index (χ4v) is 4.23. The van der Waals surface area contributed by atoms with Crippen LogP contribution in [0.25, 0.3) is 16.7 Å². The molecule has 2 heterocycles. The predicted molar refractivity (Wildman–Crippen MR) is 112 cm³/mol. The molecule has 0 aliphatic heterocycles. The summed E-state index contributed by atoms with van der Waals surface area (Å²) in [7, 11) is 0. The smallest absolute Gasteiger partial charge is 0.149 e. The van der Waals surface area contributed by atoms with E-state index in [0.717, 1.165) is 29.0 Å². The van der Waals surface area contributed by atoms with Crippen molar-refractivity contribution in [3.05, 3.63) is 51.6 Å². The van der Waals surface area contributed by atoms with Crippen LogP contribution in [0.2, 0.25) is 0 Å². The second-order valence-electron chi connectivity index (χ2n) is 7.50. The maximum Gasteiger partial charge on any atom is 0.149 e. The van der Waals surface area contributed by atoms with Gasteiger partial charge >= 0.3 is 0 Å². The van der Waals surface area contributed by atoms with Gasteiger partial charge in [-0.3, -0.25) is 4.57 Å². The zero-order valence-electron chi connectivity index (χ0n) is 17.9. The normalized spacial score (nSPS) is 12.7. The lowest BCUT2D eigenvalue weighted by Crippen LogP contribution is -2.09. The van der Waals surface area contributed by atoms with Gasteiger partial charge in [0.15, 0.2) is 0 Å². The van der Waals surface area contributed by atoms with Gasteiger partial charge in [-0.05, 0) is 71.6 Å². The summed E-state index contributed by atoms with van der Waals surface area (Å²) in [6, 6.07) is 4.49. The lowest BCUT2D eigenvalue weighted by atomic mass is 10.0. The molecule has 0 radical (unpaired) electrons. The lowest BCUT2D eigenvalue weighted by molar-refractivity contribution is 0.0577. The van der Waals surface area contributed by atoms with Gasteiger partial charge in [-0.2, -0.15) is 0 Å². The van der Waals surface area contributed by atoms with E-state index in [2.05, 4.69) is 58.2 Å². The molecule has 0 aliphatic carbocycles. The third kappa shape index (κ3) is 3.27. The maximum atomic E-state index is 6.01. The summed E-state index contributed by atoms with van der Waals surface area (Å²) in [5.74, 6) is 0.789. The van der Waals surface area contributed by atoms with Gasteiger partial charge < -0.3 is 4.74 Å². The van der Waals surface area contributed by atoms with E-state index in [0.29, 0.717) is 6.61 Å². The number of rotatable bonds is 5. The second-order valence-corrected chi connectivity index (χ2v) is 7.50. The van der Waals surface area contributed by atoms with Crippen molar-refractivity contribution >= 4 is 11.0 Å². The number of aromatic nitrogens is 3. The van der Waals surface area contributed by atoms with E-state index in [-0.39, 0.29) is 6.10 Å². The van der Waals surface area contributed by atoms with Gasteiger partial charge in [0.25, 0.3) is 0 Å². The zero-order valence-corrected chi connectivity index (χ0v) is 17.9. The minimum absolute atomic E-state index is 0.00615. The van der Waals surface area contributed by atoms with Crippen LogP contribution in [0.4, 0.5) is 0 Å². The maximum absolute atomic E-state index is 6.01. The van der Waals surface area contributed by atoms with Crippen molar-refractivity contribution < 1.29 is 4.74 Å². The van der Waals surface area contributed by atoms with E-state index >= 15 is 0 Å². The molecule has 3 rings (SSSR count). The van der Waals surface area contributed by atoms with Crippen LogP contribution in [0, 0.1) is 41.5 Å². The Morgan fingerprint density at radius 1 is 0.963 bits per heavy atom. The van der Waals surface area contributed by atoms with E-state index in [1.807, 2.05) is 13.8 Å². The van der Waals surface area contributed by atoms with E-state index in [4.69, 9.17) is 14.7 Å². The molecule has 0 bridgehead atoms. The molecule has 1 aromatic carbocycles. The van der Waals surface area contributed by atoms with Gasteiger partial charge in [0.05, 0.1) is 17.5 Å². The largest absolute Gasteiger partial charge is 0.372 e. The molecular weight excluding hydrogens is 334 g/mol. The first-order valence-corrected chi connectivity index (χ1v) is 9.86. The van der Waals surface area contributed by atoms with Crippen LogP contribution in [0.3, 0.4) is 0 Å². The Labute approximate surface area is 162 Å². The molecule has 1 unspecified atom stereocenters. The lowest BCUT2D eigenvalue weighted by Gasteiger charge is -2.18. The van der Waals surface area contributed by atoms with E-state index in [1.165, 1.54) is 33.6 Å². The Bertz CT molecular complexity index is 978. The summed E-state index contributed by atoms with van der Waals surface area (Å²) >= 11 is 0. The molecule has 0 fully saturated rings. The quantitative estimate of drug-likeness (QED) is 0.577. The summed E-state index contributed by atoms with van der Waals surface area (Å²) in [6.07, 6.45) is 0.888. The van der Waals surface area contributed by atoms with Gasteiger partial charge in [-0.25, -0.2) is 9.97 Å². The molecule has 144 valence electrons. The molecule has 0 saturated carbocycles. The molecule has 4 nitrogen and oxygen atoms in total. The molecule has 0 spiro atoms. The number of nitrogens with zero attached hydrogens (tertiary/aromatic N) is 3.